The normalized spacial score (nSPS) is 15.6. The monoisotopic (exact) mass is 460 g/mol. The van der Waals surface area contributed by atoms with Crippen molar-refractivity contribution in [2.45, 2.75) is 39.4 Å². The molecule has 1 aliphatic rings. The summed E-state index contributed by atoms with van der Waals surface area (Å²) in [6.07, 6.45) is 3.43. The van der Waals surface area contributed by atoms with Crippen LogP contribution in [0.15, 0.2) is 109 Å². The molecule has 0 radical (unpaired) electrons. The Bertz CT molecular complexity index is 1240. The molecule has 4 aromatic rings. The smallest absolute Gasteiger partial charge is 0.119 e. The summed E-state index contributed by atoms with van der Waals surface area (Å²) in [5.74, 6) is 2.50. The van der Waals surface area contributed by atoms with Crippen molar-refractivity contribution in [3.05, 3.63) is 131 Å². The molecule has 0 heterocycles. The number of rotatable bonds is 8. The third-order valence-corrected chi connectivity index (χ3v) is 6.71. The van der Waals surface area contributed by atoms with E-state index in [0.29, 0.717) is 19.1 Å². The topological polar surface area (TPSA) is 18.5 Å². The molecule has 0 aromatic heterocycles. The van der Waals surface area contributed by atoms with Crippen LogP contribution in [0.3, 0.4) is 0 Å². The maximum absolute atomic E-state index is 6.01. The van der Waals surface area contributed by atoms with Gasteiger partial charge < -0.3 is 9.47 Å². The van der Waals surface area contributed by atoms with Gasteiger partial charge in [-0.15, -0.1) is 0 Å². The van der Waals surface area contributed by atoms with Gasteiger partial charge in [-0.05, 0) is 82.8 Å². The molecule has 1 aliphatic carbocycles. The third-order valence-electron chi connectivity index (χ3n) is 6.71. The largest absolute Gasteiger partial charge is 0.489 e. The molecular formula is C33H32O2. The lowest BCUT2D eigenvalue weighted by atomic mass is 9.79. The highest BCUT2D eigenvalue weighted by Crippen LogP contribution is 2.41. The molecule has 0 saturated carbocycles. The quantitative estimate of drug-likeness (QED) is 0.262. The number of allylic oxidation sites excluding steroid dienone is 2. The molecule has 4 aromatic carbocycles. The third kappa shape index (κ3) is 6.02. The summed E-state index contributed by atoms with van der Waals surface area (Å²) in [5, 5.41) is 0. The molecule has 0 aliphatic heterocycles. The Hall–Kier alpha value is -3.78. The molecule has 0 N–H and O–H groups in total. The van der Waals surface area contributed by atoms with Gasteiger partial charge in [-0.3, -0.25) is 0 Å². The summed E-state index contributed by atoms with van der Waals surface area (Å²) in [4.78, 5) is 0. The van der Waals surface area contributed by atoms with Crippen LogP contribution < -0.4 is 9.47 Å². The molecule has 0 saturated heterocycles. The lowest BCUT2D eigenvalue weighted by Crippen LogP contribution is -2.07. The highest BCUT2D eigenvalue weighted by atomic mass is 16.5. The highest BCUT2D eigenvalue weighted by molar-refractivity contribution is 5.91. The van der Waals surface area contributed by atoms with Crippen molar-refractivity contribution in [3.8, 4) is 11.5 Å². The zero-order valence-corrected chi connectivity index (χ0v) is 20.3. The van der Waals surface area contributed by atoms with Gasteiger partial charge >= 0.3 is 0 Å². The lowest BCUT2D eigenvalue weighted by molar-refractivity contribution is 0.306. The zero-order chi connectivity index (χ0) is 23.9. The Morgan fingerprint density at radius 1 is 0.571 bits per heavy atom. The fraction of sp³-hybridized carbons (Fsp3) is 0.212. The highest BCUT2D eigenvalue weighted by Gasteiger charge is 2.20. The van der Waals surface area contributed by atoms with E-state index in [1.807, 2.05) is 36.4 Å². The van der Waals surface area contributed by atoms with E-state index in [1.165, 1.54) is 39.8 Å². The van der Waals surface area contributed by atoms with Crippen LogP contribution in [-0.4, -0.2) is 0 Å². The second-order valence-corrected chi connectivity index (χ2v) is 9.40. The summed E-state index contributed by atoms with van der Waals surface area (Å²) in [5.41, 5.74) is 7.86. The molecule has 5 rings (SSSR count). The Kier molecular flexibility index (Phi) is 7.29. The van der Waals surface area contributed by atoms with Gasteiger partial charge in [-0.2, -0.15) is 0 Å². The van der Waals surface area contributed by atoms with E-state index in [2.05, 4.69) is 79.7 Å². The Balaban J connectivity index is 1.31. The summed E-state index contributed by atoms with van der Waals surface area (Å²) in [7, 11) is 0. The van der Waals surface area contributed by atoms with E-state index < -0.39 is 0 Å². The Morgan fingerprint density at radius 2 is 1.03 bits per heavy atom. The molecule has 2 nitrogen and oxygen atoms in total. The van der Waals surface area contributed by atoms with Gasteiger partial charge in [0, 0.05) is 0 Å². The molecule has 1 unspecified atom stereocenters. The first-order valence-electron chi connectivity index (χ1n) is 12.5. The maximum Gasteiger partial charge on any atom is 0.119 e. The molecule has 0 bridgehead atoms. The van der Waals surface area contributed by atoms with Gasteiger partial charge in [0.1, 0.15) is 24.7 Å². The van der Waals surface area contributed by atoms with Gasteiger partial charge in [0.05, 0.1) is 0 Å². The average Bonchev–Trinajstić information content (AvgIpc) is 2.92. The summed E-state index contributed by atoms with van der Waals surface area (Å²) in [6, 6.07) is 37.8. The summed E-state index contributed by atoms with van der Waals surface area (Å²) < 4.78 is 12.0. The fourth-order valence-electron chi connectivity index (χ4n) is 4.71. The minimum absolute atomic E-state index is 0.587. The predicted octanol–water partition coefficient (Wildman–Crippen LogP) is 8.58. The Labute approximate surface area is 208 Å². The number of ether oxygens (including phenoxy) is 2. The van der Waals surface area contributed by atoms with E-state index in [0.717, 1.165) is 24.3 Å². The van der Waals surface area contributed by atoms with Crippen LogP contribution in [0.1, 0.15) is 48.4 Å². The van der Waals surface area contributed by atoms with E-state index in [1.54, 1.807) is 0 Å². The molecule has 1 atom stereocenters. The molecule has 35 heavy (non-hydrogen) atoms. The fourth-order valence-corrected chi connectivity index (χ4v) is 4.71. The van der Waals surface area contributed by atoms with Crippen LogP contribution in [-0.2, 0) is 13.2 Å². The van der Waals surface area contributed by atoms with Crippen LogP contribution in [0.5, 0.6) is 11.5 Å². The first-order valence-corrected chi connectivity index (χ1v) is 12.5. The number of benzene rings is 4. The van der Waals surface area contributed by atoms with Crippen molar-refractivity contribution in [2.75, 3.05) is 0 Å². The summed E-state index contributed by atoms with van der Waals surface area (Å²) >= 11 is 0. The predicted molar refractivity (Wildman–Crippen MR) is 144 cm³/mol. The van der Waals surface area contributed by atoms with E-state index in [4.69, 9.17) is 9.47 Å². The molecule has 176 valence electrons. The van der Waals surface area contributed by atoms with E-state index in [9.17, 15) is 0 Å². The molecule has 0 fully saturated rings. The van der Waals surface area contributed by atoms with Gasteiger partial charge in [0.25, 0.3) is 0 Å². The summed E-state index contributed by atoms with van der Waals surface area (Å²) in [6.45, 7) is 3.53. The van der Waals surface area contributed by atoms with Crippen molar-refractivity contribution >= 4 is 11.1 Å². The molecule has 2 heteroatoms. The van der Waals surface area contributed by atoms with E-state index >= 15 is 0 Å². The minimum atomic E-state index is 0.587. The van der Waals surface area contributed by atoms with Gasteiger partial charge in [0.15, 0.2) is 0 Å². The van der Waals surface area contributed by atoms with Gasteiger partial charge in [0.2, 0.25) is 0 Å². The van der Waals surface area contributed by atoms with Crippen molar-refractivity contribution in [1.82, 2.24) is 0 Å². The van der Waals surface area contributed by atoms with Crippen LogP contribution in [0, 0.1) is 5.92 Å². The lowest BCUT2D eigenvalue weighted by Gasteiger charge is -2.26. The van der Waals surface area contributed by atoms with Gasteiger partial charge in [-0.1, -0.05) is 91.9 Å². The average molecular weight is 461 g/mol. The molecule has 0 spiro atoms. The first-order chi connectivity index (χ1) is 17.2. The molecule has 0 amide bonds. The Morgan fingerprint density at radius 3 is 1.51 bits per heavy atom. The first kappa shape index (κ1) is 23.0. The minimum Gasteiger partial charge on any atom is -0.489 e. The van der Waals surface area contributed by atoms with Crippen LogP contribution >= 0.6 is 0 Å². The number of hydrogen-bond donors (Lipinski definition) is 0. The van der Waals surface area contributed by atoms with Gasteiger partial charge in [-0.25, -0.2) is 0 Å². The van der Waals surface area contributed by atoms with Crippen LogP contribution in [0.25, 0.3) is 11.1 Å². The second kappa shape index (κ2) is 11.1. The van der Waals surface area contributed by atoms with Crippen molar-refractivity contribution in [2.24, 2.45) is 5.92 Å². The maximum atomic E-state index is 6.01. The van der Waals surface area contributed by atoms with Crippen molar-refractivity contribution in [3.63, 3.8) is 0 Å². The second-order valence-electron chi connectivity index (χ2n) is 9.40. The van der Waals surface area contributed by atoms with Crippen LogP contribution in [0.4, 0.5) is 0 Å². The van der Waals surface area contributed by atoms with E-state index in [-0.39, 0.29) is 0 Å². The van der Waals surface area contributed by atoms with Crippen LogP contribution in [0.2, 0.25) is 0 Å². The zero-order valence-electron chi connectivity index (χ0n) is 20.3. The van der Waals surface area contributed by atoms with Crippen molar-refractivity contribution < 1.29 is 9.47 Å². The SMILES string of the molecule is CC1CCC(c2ccc(OCc3ccccc3)cc2)=C(c2ccc(OCc3ccccc3)cc2)C1. The molecular weight excluding hydrogens is 428 g/mol. The van der Waals surface area contributed by atoms with Crippen molar-refractivity contribution in [1.29, 1.82) is 0 Å². The number of hydrogen-bond acceptors (Lipinski definition) is 2. The standard InChI is InChI=1S/C33H32O2/c1-25-12-21-32(28-13-17-30(18-14-28)34-23-26-8-4-2-5-9-26)33(22-25)29-15-19-31(20-16-29)35-24-27-10-6-3-7-11-27/h2-11,13-20,25H,12,21-24H2,1H3.